The molecule has 0 spiro atoms. The molecular formula is C18H12Cl2F2N2O3. The number of nitriles is 1. The van der Waals surface area contributed by atoms with E-state index in [9.17, 15) is 29.1 Å². The van der Waals surface area contributed by atoms with E-state index >= 15 is 0 Å². The molecule has 0 saturated carbocycles. The van der Waals surface area contributed by atoms with Crippen molar-refractivity contribution in [3.63, 3.8) is 0 Å². The van der Waals surface area contributed by atoms with E-state index in [0.29, 0.717) is 6.07 Å². The molecule has 2 N–H and O–H groups in total. The second-order valence-corrected chi connectivity index (χ2v) is 6.36. The number of halogens is 4. The molecule has 0 atom stereocenters. The molecule has 27 heavy (non-hydrogen) atoms. The third-order valence-electron chi connectivity index (χ3n) is 3.62. The van der Waals surface area contributed by atoms with Crippen LogP contribution >= 0.6 is 23.2 Å². The molecule has 0 unspecified atom stereocenters. The summed E-state index contributed by atoms with van der Waals surface area (Å²) in [6.45, 7) is -0.248. The molecule has 9 heteroatoms. The summed E-state index contributed by atoms with van der Waals surface area (Å²) in [6, 6.07) is 6.80. The summed E-state index contributed by atoms with van der Waals surface area (Å²) in [7, 11) is 1.27. The first-order chi connectivity index (χ1) is 12.6. The second-order valence-electron chi connectivity index (χ2n) is 5.52. The Morgan fingerprint density at radius 2 is 1.89 bits per heavy atom. The number of likely N-dealkylation sites (N-methyl/N-ethyl adjacent to an activating group) is 1. The van der Waals surface area contributed by atoms with Crippen LogP contribution in [0, 0.1) is 23.0 Å². The van der Waals surface area contributed by atoms with Gasteiger partial charge in [-0.05, 0) is 24.3 Å². The Labute approximate surface area is 163 Å². The molecule has 0 aliphatic heterocycles. The number of aromatic hydroxyl groups is 1. The fourth-order valence-electron chi connectivity index (χ4n) is 2.24. The van der Waals surface area contributed by atoms with Crippen molar-refractivity contribution in [3.8, 4) is 11.8 Å². The quantitative estimate of drug-likeness (QED) is 0.441. The highest BCUT2D eigenvalue weighted by molar-refractivity contribution is 6.32. The molecule has 0 bridgehead atoms. The molecule has 2 rings (SSSR count). The van der Waals surface area contributed by atoms with Crippen LogP contribution in [-0.4, -0.2) is 28.1 Å². The number of carbonyl (C=O) groups is 1. The van der Waals surface area contributed by atoms with Gasteiger partial charge in [0.2, 0.25) is 0 Å². The number of nitrogens with zero attached hydrogens (tertiary/aromatic N) is 2. The van der Waals surface area contributed by atoms with Gasteiger partial charge in [-0.25, -0.2) is 8.78 Å². The third kappa shape index (κ3) is 4.48. The normalized spacial score (nSPS) is 11.6. The number of aliphatic hydroxyl groups is 1. The van der Waals surface area contributed by atoms with Crippen molar-refractivity contribution in [3.05, 3.63) is 68.7 Å². The Bertz CT molecular complexity index is 987. The number of hydrogen-bond donors (Lipinski definition) is 2. The van der Waals surface area contributed by atoms with Crippen LogP contribution in [0.3, 0.4) is 0 Å². The van der Waals surface area contributed by atoms with Gasteiger partial charge in [0.15, 0.2) is 5.57 Å². The molecule has 0 radical (unpaired) electrons. The SMILES string of the molecule is CN(Cc1cc(Cl)ccc1F)C(=O)/C(C#N)=C(\O)c1cc(Cl)c(O)cc1F. The molecule has 140 valence electrons. The van der Waals surface area contributed by atoms with Crippen molar-refractivity contribution in [1.82, 2.24) is 4.90 Å². The summed E-state index contributed by atoms with van der Waals surface area (Å²) >= 11 is 11.5. The van der Waals surface area contributed by atoms with Crippen LogP contribution in [-0.2, 0) is 11.3 Å². The van der Waals surface area contributed by atoms with Crippen molar-refractivity contribution in [2.24, 2.45) is 0 Å². The third-order valence-corrected chi connectivity index (χ3v) is 4.15. The van der Waals surface area contributed by atoms with Crippen LogP contribution in [0.2, 0.25) is 10.0 Å². The zero-order chi connectivity index (χ0) is 20.3. The standard InChI is InChI=1S/C18H12Cl2F2N2O3/c1-24(8-9-4-10(19)2-3-14(9)21)18(27)12(7-23)17(26)11-5-13(20)16(25)6-15(11)22/h2-6,25-26H,8H2,1H3/b17-12-. The largest absolute Gasteiger partial charge is 0.506 e. The number of aliphatic hydroxyl groups excluding tert-OH is 1. The average Bonchev–Trinajstić information content (AvgIpc) is 2.61. The predicted octanol–water partition coefficient (Wildman–Crippen LogP) is 4.43. The molecule has 0 fully saturated rings. The lowest BCUT2D eigenvalue weighted by Gasteiger charge is -2.18. The van der Waals surface area contributed by atoms with Crippen molar-refractivity contribution in [2.75, 3.05) is 7.05 Å². The van der Waals surface area contributed by atoms with Crippen LogP contribution in [0.4, 0.5) is 8.78 Å². The first-order valence-electron chi connectivity index (χ1n) is 7.36. The average molecular weight is 413 g/mol. The minimum absolute atomic E-state index is 0.0917. The van der Waals surface area contributed by atoms with Crippen molar-refractivity contribution in [1.29, 1.82) is 5.26 Å². The van der Waals surface area contributed by atoms with E-state index in [1.165, 1.54) is 25.2 Å². The van der Waals surface area contributed by atoms with Gasteiger partial charge in [-0.2, -0.15) is 5.26 Å². The topological polar surface area (TPSA) is 84.6 Å². The molecule has 0 saturated heterocycles. The van der Waals surface area contributed by atoms with Crippen LogP contribution < -0.4 is 0 Å². The van der Waals surface area contributed by atoms with Gasteiger partial charge in [0.25, 0.3) is 5.91 Å². The van der Waals surface area contributed by atoms with Crippen LogP contribution in [0.1, 0.15) is 11.1 Å². The number of amides is 1. The number of rotatable bonds is 4. The molecule has 2 aromatic rings. The van der Waals surface area contributed by atoms with Crippen molar-refractivity contribution >= 4 is 34.9 Å². The van der Waals surface area contributed by atoms with Crippen molar-refractivity contribution < 1.29 is 23.8 Å². The highest BCUT2D eigenvalue weighted by atomic mass is 35.5. The van der Waals surface area contributed by atoms with Gasteiger partial charge in [-0.15, -0.1) is 0 Å². The van der Waals surface area contributed by atoms with E-state index < -0.39 is 40.2 Å². The summed E-state index contributed by atoms with van der Waals surface area (Å²) in [5, 5.41) is 28.8. The Hall–Kier alpha value is -2.82. The van der Waals surface area contributed by atoms with E-state index in [-0.39, 0.29) is 22.2 Å². The second kappa shape index (κ2) is 8.25. The van der Waals surface area contributed by atoms with E-state index in [1.807, 2.05) is 0 Å². The van der Waals surface area contributed by atoms with Gasteiger partial charge in [-0.3, -0.25) is 4.79 Å². The smallest absolute Gasteiger partial charge is 0.268 e. The monoisotopic (exact) mass is 412 g/mol. The lowest BCUT2D eigenvalue weighted by Crippen LogP contribution is -2.28. The van der Waals surface area contributed by atoms with Gasteiger partial charge in [-0.1, -0.05) is 23.2 Å². The highest BCUT2D eigenvalue weighted by Gasteiger charge is 2.23. The number of phenolic OH excluding ortho intramolecular Hbond substituents is 1. The molecular weight excluding hydrogens is 401 g/mol. The zero-order valence-corrected chi connectivity index (χ0v) is 15.3. The minimum atomic E-state index is -1.08. The van der Waals surface area contributed by atoms with Crippen LogP contribution in [0.15, 0.2) is 35.9 Å². The lowest BCUT2D eigenvalue weighted by molar-refractivity contribution is -0.126. The van der Waals surface area contributed by atoms with E-state index in [4.69, 9.17) is 23.2 Å². The zero-order valence-electron chi connectivity index (χ0n) is 13.8. The van der Waals surface area contributed by atoms with Gasteiger partial charge >= 0.3 is 0 Å². The maximum absolute atomic E-state index is 14.0. The van der Waals surface area contributed by atoms with E-state index in [0.717, 1.165) is 17.0 Å². The van der Waals surface area contributed by atoms with Gasteiger partial charge in [0.05, 0.1) is 10.6 Å². The van der Waals surface area contributed by atoms with Gasteiger partial charge in [0, 0.05) is 30.2 Å². The Morgan fingerprint density at radius 3 is 2.52 bits per heavy atom. The molecule has 0 aliphatic rings. The van der Waals surface area contributed by atoms with Crippen LogP contribution in [0.25, 0.3) is 5.76 Å². The number of phenols is 1. The summed E-state index contributed by atoms with van der Waals surface area (Å²) in [5.74, 6) is -4.19. The lowest BCUT2D eigenvalue weighted by atomic mass is 10.1. The first-order valence-corrected chi connectivity index (χ1v) is 8.12. The fraction of sp³-hybridized carbons (Fsp3) is 0.111. The maximum Gasteiger partial charge on any atom is 0.268 e. The number of carbonyl (C=O) groups excluding carboxylic acids is 1. The summed E-state index contributed by atoms with van der Waals surface area (Å²) in [4.78, 5) is 13.4. The van der Waals surface area contributed by atoms with E-state index in [2.05, 4.69) is 0 Å². The summed E-state index contributed by atoms with van der Waals surface area (Å²) < 4.78 is 27.8. The van der Waals surface area contributed by atoms with Crippen molar-refractivity contribution in [2.45, 2.75) is 6.54 Å². The molecule has 0 aromatic heterocycles. The molecule has 1 amide bonds. The molecule has 2 aromatic carbocycles. The summed E-state index contributed by atoms with van der Waals surface area (Å²) in [5.41, 5.74) is -1.22. The fourth-order valence-corrected chi connectivity index (χ4v) is 2.60. The van der Waals surface area contributed by atoms with Gasteiger partial charge in [0.1, 0.15) is 29.2 Å². The molecule has 5 nitrogen and oxygen atoms in total. The summed E-state index contributed by atoms with van der Waals surface area (Å²) in [6.07, 6.45) is 0. The van der Waals surface area contributed by atoms with Gasteiger partial charge < -0.3 is 15.1 Å². The minimum Gasteiger partial charge on any atom is -0.506 e. The van der Waals surface area contributed by atoms with E-state index in [1.54, 1.807) is 0 Å². The predicted molar refractivity (Wildman–Crippen MR) is 96.1 cm³/mol. The molecule has 0 aliphatic carbocycles. The first kappa shape index (κ1) is 20.5. The Balaban J connectivity index is 2.39. The highest BCUT2D eigenvalue weighted by Crippen LogP contribution is 2.30. The maximum atomic E-state index is 14.0. The Morgan fingerprint density at radius 1 is 1.22 bits per heavy atom. The number of hydrogen-bond acceptors (Lipinski definition) is 4. The Kier molecular flexibility index (Phi) is 6.26. The number of benzene rings is 2. The van der Waals surface area contributed by atoms with Crippen LogP contribution in [0.5, 0.6) is 5.75 Å². The molecule has 0 heterocycles.